The first kappa shape index (κ1) is 28.6. The Bertz CT molecular complexity index is 1140. The van der Waals surface area contributed by atoms with E-state index < -0.39 is 6.10 Å². The third-order valence-corrected chi connectivity index (χ3v) is 6.49. The van der Waals surface area contributed by atoms with Crippen LogP contribution in [0.3, 0.4) is 0 Å². The summed E-state index contributed by atoms with van der Waals surface area (Å²) in [5.41, 5.74) is 2.92. The first-order valence-electron chi connectivity index (χ1n) is 12.7. The number of hydrogen-bond acceptors (Lipinski definition) is 6. The number of aliphatic hydroxyl groups excluding tert-OH is 1. The molecule has 1 unspecified atom stereocenters. The molecular formula is C30H38ClNO5. The fraction of sp³-hybridized carbons (Fsp3) is 0.400. The Morgan fingerprint density at radius 2 is 1.49 bits per heavy atom. The zero-order valence-corrected chi connectivity index (χ0v) is 23.1. The second-order valence-corrected chi connectivity index (χ2v) is 9.12. The van der Waals surface area contributed by atoms with Gasteiger partial charge in [-0.1, -0.05) is 42.8 Å². The van der Waals surface area contributed by atoms with Gasteiger partial charge in [0.2, 0.25) is 0 Å². The number of ether oxygens (including phenoxy) is 4. The van der Waals surface area contributed by atoms with Crippen molar-refractivity contribution >= 4 is 11.6 Å². The maximum Gasteiger partial charge on any atom is 0.161 e. The molecule has 0 aliphatic carbocycles. The fourth-order valence-corrected chi connectivity index (χ4v) is 4.74. The molecule has 0 fully saturated rings. The minimum Gasteiger partial charge on any atom is -0.493 e. The number of nitrogens with zero attached hydrogens (tertiary/aromatic N) is 1. The molecule has 0 heterocycles. The Balaban J connectivity index is 1.99. The van der Waals surface area contributed by atoms with Crippen molar-refractivity contribution in [3.05, 3.63) is 82.4 Å². The van der Waals surface area contributed by atoms with Crippen molar-refractivity contribution in [2.24, 2.45) is 0 Å². The van der Waals surface area contributed by atoms with Crippen LogP contribution in [0.2, 0.25) is 5.02 Å². The van der Waals surface area contributed by atoms with E-state index in [-0.39, 0.29) is 6.04 Å². The predicted molar refractivity (Wildman–Crippen MR) is 148 cm³/mol. The van der Waals surface area contributed by atoms with E-state index in [0.717, 1.165) is 34.6 Å². The first-order valence-corrected chi connectivity index (χ1v) is 13.1. The standard InChI is InChI=1S/C30H38ClNO5/c1-6-25(22-13-15-27(34-4)29(18-22)35-5)32(20-26(33)23-10-9-11-24(31)17-23)19-21-12-14-28(36-7-2)30(16-21)37-8-3/h9-18,25-26,33H,6-8,19-20H2,1-5H3/t25-,26?/m1/s1. The summed E-state index contributed by atoms with van der Waals surface area (Å²) in [5, 5.41) is 11.8. The van der Waals surface area contributed by atoms with E-state index in [1.165, 1.54) is 0 Å². The summed E-state index contributed by atoms with van der Waals surface area (Å²) in [6, 6.07) is 19.4. The van der Waals surface area contributed by atoms with Crippen LogP contribution in [-0.4, -0.2) is 44.0 Å². The lowest BCUT2D eigenvalue weighted by Crippen LogP contribution is -2.32. The van der Waals surface area contributed by atoms with Gasteiger partial charge in [-0.3, -0.25) is 4.90 Å². The third-order valence-electron chi connectivity index (χ3n) is 6.25. The number of methoxy groups -OCH3 is 2. The van der Waals surface area contributed by atoms with E-state index >= 15 is 0 Å². The second-order valence-electron chi connectivity index (χ2n) is 8.69. The van der Waals surface area contributed by atoms with E-state index in [1.807, 2.05) is 68.4 Å². The van der Waals surface area contributed by atoms with Gasteiger partial charge >= 0.3 is 0 Å². The predicted octanol–water partition coefficient (Wildman–Crippen LogP) is 6.84. The number of benzene rings is 3. The van der Waals surface area contributed by atoms with Gasteiger partial charge in [-0.05, 0) is 73.4 Å². The quantitative estimate of drug-likeness (QED) is 0.247. The zero-order valence-electron chi connectivity index (χ0n) is 22.4. The van der Waals surface area contributed by atoms with Crippen molar-refractivity contribution < 1.29 is 24.1 Å². The van der Waals surface area contributed by atoms with Gasteiger partial charge in [-0.15, -0.1) is 0 Å². The minimum absolute atomic E-state index is 0.00996. The molecule has 6 nitrogen and oxygen atoms in total. The summed E-state index contributed by atoms with van der Waals surface area (Å²) in [6.45, 7) is 8.17. The molecule has 0 bridgehead atoms. The number of halogens is 1. The monoisotopic (exact) mass is 527 g/mol. The molecule has 3 aromatic rings. The lowest BCUT2D eigenvalue weighted by Gasteiger charge is -2.34. The summed E-state index contributed by atoms with van der Waals surface area (Å²) in [5.74, 6) is 2.80. The van der Waals surface area contributed by atoms with Crippen LogP contribution < -0.4 is 18.9 Å². The molecule has 0 aliphatic rings. The summed E-state index contributed by atoms with van der Waals surface area (Å²) >= 11 is 6.21. The van der Waals surface area contributed by atoms with E-state index in [4.69, 9.17) is 30.5 Å². The Morgan fingerprint density at radius 3 is 2.14 bits per heavy atom. The molecular weight excluding hydrogens is 490 g/mol. The minimum atomic E-state index is -0.720. The SMILES string of the molecule is CCOc1ccc(CN(CC(O)c2cccc(Cl)c2)[C@H](CC)c2ccc(OC)c(OC)c2)cc1OCC. The molecule has 0 saturated carbocycles. The van der Waals surface area contributed by atoms with Gasteiger partial charge in [0.15, 0.2) is 23.0 Å². The third kappa shape index (κ3) is 7.54. The molecule has 0 amide bonds. The van der Waals surface area contributed by atoms with Crippen LogP contribution in [0, 0.1) is 0 Å². The van der Waals surface area contributed by atoms with Crippen molar-refractivity contribution in [1.82, 2.24) is 4.90 Å². The molecule has 0 aromatic heterocycles. The van der Waals surface area contributed by atoms with E-state index in [1.54, 1.807) is 14.2 Å². The molecule has 0 aliphatic heterocycles. The molecule has 1 N–H and O–H groups in total. The van der Waals surface area contributed by atoms with Crippen LogP contribution in [0.5, 0.6) is 23.0 Å². The molecule has 0 saturated heterocycles. The largest absolute Gasteiger partial charge is 0.493 e. The average Bonchev–Trinajstić information content (AvgIpc) is 2.90. The van der Waals surface area contributed by atoms with Crippen LogP contribution in [0.4, 0.5) is 0 Å². The maximum absolute atomic E-state index is 11.2. The van der Waals surface area contributed by atoms with E-state index in [0.29, 0.717) is 42.8 Å². The molecule has 200 valence electrons. The Morgan fingerprint density at radius 1 is 0.784 bits per heavy atom. The smallest absolute Gasteiger partial charge is 0.161 e. The second kappa shape index (κ2) is 14.1. The van der Waals surface area contributed by atoms with Gasteiger partial charge in [0.1, 0.15) is 0 Å². The highest BCUT2D eigenvalue weighted by molar-refractivity contribution is 6.30. The van der Waals surface area contributed by atoms with Crippen molar-refractivity contribution in [2.75, 3.05) is 34.0 Å². The average molecular weight is 528 g/mol. The van der Waals surface area contributed by atoms with Crippen LogP contribution in [0.25, 0.3) is 0 Å². The van der Waals surface area contributed by atoms with Crippen molar-refractivity contribution in [2.45, 2.75) is 45.9 Å². The van der Waals surface area contributed by atoms with E-state index in [9.17, 15) is 5.11 Å². The van der Waals surface area contributed by atoms with Gasteiger partial charge in [0.25, 0.3) is 0 Å². The van der Waals surface area contributed by atoms with Crippen LogP contribution in [0.15, 0.2) is 60.7 Å². The van der Waals surface area contributed by atoms with Gasteiger partial charge in [0.05, 0.1) is 33.5 Å². The molecule has 3 rings (SSSR count). The zero-order chi connectivity index (χ0) is 26.8. The van der Waals surface area contributed by atoms with Crippen LogP contribution >= 0.6 is 11.6 Å². The molecule has 37 heavy (non-hydrogen) atoms. The van der Waals surface area contributed by atoms with Gasteiger partial charge in [-0.25, -0.2) is 0 Å². The van der Waals surface area contributed by atoms with Crippen molar-refractivity contribution in [3.63, 3.8) is 0 Å². The van der Waals surface area contributed by atoms with Crippen molar-refractivity contribution in [1.29, 1.82) is 0 Å². The van der Waals surface area contributed by atoms with Gasteiger partial charge in [-0.2, -0.15) is 0 Å². The van der Waals surface area contributed by atoms with Crippen LogP contribution in [-0.2, 0) is 6.54 Å². The summed E-state index contributed by atoms with van der Waals surface area (Å²) < 4.78 is 22.6. The summed E-state index contributed by atoms with van der Waals surface area (Å²) in [7, 11) is 3.27. The van der Waals surface area contributed by atoms with Crippen molar-refractivity contribution in [3.8, 4) is 23.0 Å². The number of aliphatic hydroxyl groups is 1. The normalized spacial score (nSPS) is 12.8. The molecule has 0 radical (unpaired) electrons. The van der Waals surface area contributed by atoms with Gasteiger partial charge in [0, 0.05) is 24.2 Å². The lowest BCUT2D eigenvalue weighted by molar-refractivity contribution is 0.0790. The molecule has 3 aromatic carbocycles. The highest BCUT2D eigenvalue weighted by atomic mass is 35.5. The Kier molecular flexibility index (Phi) is 10.9. The van der Waals surface area contributed by atoms with Crippen LogP contribution in [0.1, 0.15) is 56.0 Å². The maximum atomic E-state index is 11.2. The molecule has 0 spiro atoms. The fourth-order valence-electron chi connectivity index (χ4n) is 4.54. The number of hydrogen-bond donors (Lipinski definition) is 1. The van der Waals surface area contributed by atoms with Gasteiger partial charge < -0.3 is 24.1 Å². The van der Waals surface area contributed by atoms with E-state index in [2.05, 4.69) is 17.9 Å². The molecule has 2 atom stereocenters. The molecule has 7 heteroatoms. The highest BCUT2D eigenvalue weighted by Crippen LogP contribution is 2.36. The lowest BCUT2D eigenvalue weighted by atomic mass is 9.99. The number of rotatable bonds is 14. The Labute approximate surface area is 225 Å². The topological polar surface area (TPSA) is 60.4 Å². The Hall–Kier alpha value is -2.93. The summed E-state index contributed by atoms with van der Waals surface area (Å²) in [6.07, 6.45) is 0.106. The summed E-state index contributed by atoms with van der Waals surface area (Å²) in [4.78, 5) is 2.28. The highest BCUT2D eigenvalue weighted by Gasteiger charge is 2.24. The first-order chi connectivity index (χ1) is 17.9.